The summed E-state index contributed by atoms with van der Waals surface area (Å²) in [6, 6.07) is 0. The zero-order chi connectivity index (χ0) is 14.7. The summed E-state index contributed by atoms with van der Waals surface area (Å²) in [4.78, 5) is 11.8. The van der Waals surface area contributed by atoms with E-state index in [1.165, 1.54) is 6.08 Å². The molecule has 0 aliphatic rings. The third-order valence-electron chi connectivity index (χ3n) is 2.54. The number of aliphatic hydroxyl groups is 1. The molecule has 0 saturated carbocycles. The third kappa shape index (κ3) is 7.55. The summed E-state index contributed by atoms with van der Waals surface area (Å²) in [5.74, 6) is -0.0270. The van der Waals surface area contributed by atoms with Crippen LogP contribution in [0.15, 0.2) is 12.3 Å². The van der Waals surface area contributed by atoms with E-state index >= 15 is 0 Å². The first-order valence-electron chi connectivity index (χ1n) is 6.18. The molecule has 0 saturated heterocycles. The third-order valence-corrected chi connectivity index (χ3v) is 2.54. The number of hydrogen-bond donors (Lipinski definition) is 4. The number of amides is 1. The van der Waals surface area contributed by atoms with Crippen molar-refractivity contribution in [1.82, 2.24) is 15.5 Å². The lowest BCUT2D eigenvalue weighted by Gasteiger charge is -2.29. The van der Waals surface area contributed by atoms with Gasteiger partial charge in [0.2, 0.25) is 6.41 Å². The number of carbonyl (C=O) groups excluding carboxylic acids is 1. The van der Waals surface area contributed by atoms with Gasteiger partial charge in [-0.1, -0.05) is 6.92 Å². The SMILES string of the molecule is CCC(CNC)OC(CO)N(C)/C=C\C(=N)NC=O. The number of hydrogen-bond acceptors (Lipinski definition) is 6. The van der Waals surface area contributed by atoms with Gasteiger partial charge in [-0.05, 0) is 19.5 Å². The van der Waals surface area contributed by atoms with Gasteiger partial charge in [0.25, 0.3) is 0 Å². The fourth-order valence-corrected chi connectivity index (χ4v) is 1.41. The molecule has 0 heterocycles. The molecular formula is C12H24N4O3. The lowest BCUT2D eigenvalue weighted by Crippen LogP contribution is -2.39. The quantitative estimate of drug-likeness (QED) is 0.186. The lowest BCUT2D eigenvalue weighted by molar-refractivity contribution is -0.108. The molecular weight excluding hydrogens is 248 g/mol. The zero-order valence-corrected chi connectivity index (χ0v) is 11.7. The summed E-state index contributed by atoms with van der Waals surface area (Å²) in [5, 5.41) is 21.9. The van der Waals surface area contributed by atoms with E-state index < -0.39 is 6.23 Å². The molecule has 0 radical (unpaired) electrons. The Hall–Kier alpha value is -1.44. The van der Waals surface area contributed by atoms with Gasteiger partial charge in [-0.3, -0.25) is 10.2 Å². The van der Waals surface area contributed by atoms with Crippen LogP contribution in [0.1, 0.15) is 13.3 Å². The zero-order valence-electron chi connectivity index (χ0n) is 11.7. The highest BCUT2D eigenvalue weighted by Crippen LogP contribution is 2.06. The van der Waals surface area contributed by atoms with E-state index in [0.29, 0.717) is 13.0 Å². The molecule has 0 aromatic rings. The highest BCUT2D eigenvalue weighted by atomic mass is 16.5. The molecule has 0 aromatic heterocycles. The lowest BCUT2D eigenvalue weighted by atomic mass is 10.3. The van der Waals surface area contributed by atoms with Gasteiger partial charge in [-0.2, -0.15) is 0 Å². The van der Waals surface area contributed by atoms with Crippen LogP contribution in [0.2, 0.25) is 0 Å². The molecule has 1 amide bonds. The van der Waals surface area contributed by atoms with Crippen LogP contribution in [0.4, 0.5) is 0 Å². The monoisotopic (exact) mass is 272 g/mol. The Morgan fingerprint density at radius 1 is 1.58 bits per heavy atom. The van der Waals surface area contributed by atoms with E-state index in [1.54, 1.807) is 18.1 Å². The van der Waals surface area contributed by atoms with Gasteiger partial charge in [0, 0.05) is 19.8 Å². The van der Waals surface area contributed by atoms with Crippen LogP contribution in [0.5, 0.6) is 0 Å². The Bertz CT molecular complexity index is 297. The number of aliphatic hydroxyl groups excluding tert-OH is 1. The van der Waals surface area contributed by atoms with E-state index in [0.717, 1.165) is 6.42 Å². The maximum Gasteiger partial charge on any atom is 0.212 e. The van der Waals surface area contributed by atoms with Crippen molar-refractivity contribution in [2.75, 3.05) is 27.2 Å². The molecule has 0 aromatic carbocycles. The number of nitrogens with zero attached hydrogens (tertiary/aromatic N) is 1. The van der Waals surface area contributed by atoms with Crippen LogP contribution in [-0.4, -0.2) is 61.8 Å². The molecule has 19 heavy (non-hydrogen) atoms. The number of ether oxygens (including phenoxy) is 1. The van der Waals surface area contributed by atoms with E-state index in [4.69, 9.17) is 10.1 Å². The van der Waals surface area contributed by atoms with E-state index in [2.05, 4.69) is 10.6 Å². The minimum Gasteiger partial charge on any atom is -0.392 e. The van der Waals surface area contributed by atoms with Gasteiger partial charge in [0.15, 0.2) is 6.23 Å². The first-order chi connectivity index (χ1) is 9.08. The van der Waals surface area contributed by atoms with Crippen LogP contribution in [0.3, 0.4) is 0 Å². The van der Waals surface area contributed by atoms with Crippen molar-refractivity contribution >= 4 is 12.2 Å². The summed E-state index contributed by atoms with van der Waals surface area (Å²) >= 11 is 0. The van der Waals surface area contributed by atoms with E-state index in [-0.39, 0.29) is 18.5 Å². The van der Waals surface area contributed by atoms with Crippen molar-refractivity contribution in [1.29, 1.82) is 5.41 Å². The number of nitrogens with one attached hydrogen (secondary N) is 3. The highest BCUT2D eigenvalue weighted by molar-refractivity contribution is 5.96. The topological polar surface area (TPSA) is 97.7 Å². The average molecular weight is 272 g/mol. The minimum atomic E-state index is -0.487. The van der Waals surface area contributed by atoms with Gasteiger partial charge < -0.3 is 25.4 Å². The minimum absolute atomic E-state index is 0.00514. The predicted octanol–water partition coefficient (Wildman–Crippen LogP) is -0.512. The van der Waals surface area contributed by atoms with Crippen molar-refractivity contribution in [3.63, 3.8) is 0 Å². The molecule has 2 atom stereocenters. The van der Waals surface area contributed by atoms with Gasteiger partial charge in [0.1, 0.15) is 5.84 Å². The molecule has 7 heteroatoms. The van der Waals surface area contributed by atoms with Gasteiger partial charge in [-0.25, -0.2) is 0 Å². The average Bonchev–Trinajstić information content (AvgIpc) is 2.41. The second kappa shape index (κ2) is 10.5. The predicted molar refractivity (Wildman–Crippen MR) is 73.8 cm³/mol. The molecule has 0 fully saturated rings. The smallest absolute Gasteiger partial charge is 0.212 e. The number of amidine groups is 1. The highest BCUT2D eigenvalue weighted by Gasteiger charge is 2.16. The second-order valence-electron chi connectivity index (χ2n) is 4.02. The van der Waals surface area contributed by atoms with Crippen LogP contribution < -0.4 is 10.6 Å². The van der Waals surface area contributed by atoms with E-state index in [1.807, 2.05) is 14.0 Å². The molecule has 7 nitrogen and oxygen atoms in total. The molecule has 2 unspecified atom stereocenters. The molecule has 110 valence electrons. The molecule has 4 N–H and O–H groups in total. The van der Waals surface area contributed by atoms with Gasteiger partial charge in [-0.15, -0.1) is 0 Å². The maximum absolute atomic E-state index is 10.1. The fourth-order valence-electron chi connectivity index (χ4n) is 1.41. The summed E-state index contributed by atoms with van der Waals surface area (Å²) in [7, 11) is 3.58. The number of carbonyl (C=O) groups is 1. The fraction of sp³-hybridized carbons (Fsp3) is 0.667. The van der Waals surface area contributed by atoms with Crippen molar-refractivity contribution in [2.45, 2.75) is 25.7 Å². The van der Waals surface area contributed by atoms with Crippen molar-refractivity contribution < 1.29 is 14.6 Å². The second-order valence-corrected chi connectivity index (χ2v) is 4.02. The van der Waals surface area contributed by atoms with Gasteiger partial charge >= 0.3 is 0 Å². The summed E-state index contributed by atoms with van der Waals surface area (Å²) < 4.78 is 5.75. The first-order valence-corrected chi connectivity index (χ1v) is 6.18. The largest absolute Gasteiger partial charge is 0.392 e. The molecule has 0 spiro atoms. The van der Waals surface area contributed by atoms with Crippen molar-refractivity contribution in [2.24, 2.45) is 0 Å². The van der Waals surface area contributed by atoms with Crippen LogP contribution in [-0.2, 0) is 9.53 Å². The first kappa shape index (κ1) is 17.6. The normalized spacial score (nSPS) is 14.1. The van der Waals surface area contributed by atoms with E-state index in [9.17, 15) is 9.90 Å². The Kier molecular flexibility index (Phi) is 9.69. The standard InChI is InChI=1S/C12H24N4O3/c1-4-10(7-14-2)19-12(8-17)16(3)6-5-11(13)15-9-18/h5-6,9-10,12,14,17H,4,7-8H2,1-3H3,(H2,13,15,18)/b6-5-. The number of likely N-dealkylation sites (N-methyl/N-ethyl adjacent to an activating group) is 2. The molecule has 0 aliphatic carbocycles. The summed E-state index contributed by atoms with van der Waals surface area (Å²) in [6.45, 7) is 2.55. The Morgan fingerprint density at radius 2 is 2.26 bits per heavy atom. The van der Waals surface area contributed by atoms with Crippen molar-refractivity contribution in [3.05, 3.63) is 12.3 Å². The number of rotatable bonds is 10. The molecule has 0 aliphatic heterocycles. The Morgan fingerprint density at radius 3 is 2.74 bits per heavy atom. The van der Waals surface area contributed by atoms with Crippen LogP contribution in [0, 0.1) is 5.41 Å². The van der Waals surface area contributed by atoms with Gasteiger partial charge in [0.05, 0.1) is 12.7 Å². The Labute approximate surface area is 114 Å². The summed E-state index contributed by atoms with van der Waals surface area (Å²) in [5.41, 5.74) is 0. The summed E-state index contributed by atoms with van der Waals surface area (Å²) in [6.07, 6.45) is 3.78. The molecule has 0 rings (SSSR count). The molecule has 0 bridgehead atoms. The van der Waals surface area contributed by atoms with Crippen LogP contribution in [0.25, 0.3) is 0 Å². The Balaban J connectivity index is 4.41. The van der Waals surface area contributed by atoms with Crippen LogP contribution >= 0.6 is 0 Å². The maximum atomic E-state index is 10.1. The van der Waals surface area contributed by atoms with Crippen molar-refractivity contribution in [3.8, 4) is 0 Å².